The second-order valence-electron chi connectivity index (χ2n) is 9.15. The number of hydrogen-bond acceptors (Lipinski definition) is 7. The van der Waals surface area contributed by atoms with Gasteiger partial charge in [0.2, 0.25) is 0 Å². The van der Waals surface area contributed by atoms with Crippen LogP contribution in [0.4, 0.5) is 5.69 Å². The van der Waals surface area contributed by atoms with E-state index in [1.54, 1.807) is 42.7 Å². The van der Waals surface area contributed by atoms with Crippen LogP contribution in [0, 0.1) is 6.92 Å². The maximum absolute atomic E-state index is 12.9. The number of hydrogen-bond donors (Lipinski definition) is 1. The molecular weight excluding hydrogens is 430 g/mol. The van der Waals surface area contributed by atoms with Crippen LogP contribution in [-0.4, -0.2) is 21.5 Å². The number of benzene rings is 1. The van der Waals surface area contributed by atoms with Crippen LogP contribution in [0.5, 0.6) is 0 Å². The summed E-state index contributed by atoms with van der Waals surface area (Å²) in [5, 5.41) is 3.81. The predicted molar refractivity (Wildman–Crippen MR) is 132 cm³/mol. The van der Waals surface area contributed by atoms with Crippen molar-refractivity contribution in [1.29, 1.82) is 0 Å². The van der Waals surface area contributed by atoms with Crippen LogP contribution in [0.3, 0.4) is 0 Å². The number of para-hydroxylation sites is 1. The first-order chi connectivity index (χ1) is 16.1. The lowest BCUT2D eigenvalue weighted by molar-refractivity contribution is 0.00706. The van der Waals surface area contributed by atoms with Crippen molar-refractivity contribution in [2.24, 2.45) is 0 Å². The summed E-state index contributed by atoms with van der Waals surface area (Å²) in [6.45, 7) is 9.23. The minimum atomic E-state index is -0.614. The van der Waals surface area contributed by atoms with Crippen LogP contribution < -0.4 is 10.7 Å². The normalized spacial score (nSPS) is 12.4. The topological polar surface area (TPSA) is 94.3 Å². The highest BCUT2D eigenvalue weighted by atomic mass is 16.6. The molecule has 0 aliphatic heterocycles. The molecule has 7 nitrogen and oxygen atoms in total. The van der Waals surface area contributed by atoms with Crippen molar-refractivity contribution in [1.82, 2.24) is 9.97 Å². The van der Waals surface area contributed by atoms with E-state index in [1.807, 2.05) is 46.8 Å². The number of aryl methyl sites for hydroxylation is 1. The second-order valence-corrected chi connectivity index (χ2v) is 9.15. The van der Waals surface area contributed by atoms with Gasteiger partial charge in [-0.2, -0.15) is 0 Å². The van der Waals surface area contributed by atoms with Gasteiger partial charge in [0.05, 0.1) is 17.0 Å². The Morgan fingerprint density at radius 2 is 1.79 bits per heavy atom. The highest BCUT2D eigenvalue weighted by molar-refractivity contribution is 5.96. The highest BCUT2D eigenvalue weighted by Gasteiger charge is 2.23. The average molecular weight is 458 g/mol. The Labute approximate surface area is 197 Å². The zero-order valence-electron chi connectivity index (χ0n) is 19.9. The van der Waals surface area contributed by atoms with Crippen LogP contribution in [-0.2, 0) is 4.74 Å². The molecule has 34 heavy (non-hydrogen) atoms. The van der Waals surface area contributed by atoms with Crippen LogP contribution in [0.25, 0.3) is 22.3 Å². The van der Waals surface area contributed by atoms with Crippen LogP contribution in [0.1, 0.15) is 55.5 Å². The number of anilines is 1. The molecule has 3 heterocycles. The summed E-state index contributed by atoms with van der Waals surface area (Å²) in [5.74, 6) is 0.0181. The van der Waals surface area contributed by atoms with Gasteiger partial charge in [-0.15, -0.1) is 0 Å². The Kier molecular flexibility index (Phi) is 6.20. The van der Waals surface area contributed by atoms with E-state index in [0.717, 1.165) is 5.56 Å². The van der Waals surface area contributed by atoms with Crippen LogP contribution >= 0.6 is 0 Å². The monoisotopic (exact) mass is 457 g/mol. The van der Waals surface area contributed by atoms with Crippen molar-refractivity contribution in [3.8, 4) is 11.3 Å². The van der Waals surface area contributed by atoms with Crippen molar-refractivity contribution in [3.05, 3.63) is 88.1 Å². The van der Waals surface area contributed by atoms with E-state index in [9.17, 15) is 9.59 Å². The summed E-state index contributed by atoms with van der Waals surface area (Å²) in [6, 6.07) is 13.6. The van der Waals surface area contributed by atoms with E-state index >= 15 is 0 Å². The van der Waals surface area contributed by atoms with E-state index in [1.165, 1.54) is 6.07 Å². The molecule has 0 amide bonds. The molecule has 0 radical (unpaired) electrons. The smallest absolute Gasteiger partial charge is 0.340 e. The average Bonchev–Trinajstić information content (AvgIpc) is 2.78. The Morgan fingerprint density at radius 3 is 2.50 bits per heavy atom. The lowest BCUT2D eigenvalue weighted by Crippen LogP contribution is -2.24. The Balaban J connectivity index is 1.77. The number of nitrogens with zero attached hydrogens (tertiary/aromatic N) is 2. The molecule has 3 aromatic heterocycles. The van der Waals surface area contributed by atoms with Gasteiger partial charge in [-0.1, -0.05) is 12.1 Å². The van der Waals surface area contributed by atoms with Gasteiger partial charge in [0, 0.05) is 35.4 Å². The van der Waals surface area contributed by atoms with Crippen molar-refractivity contribution < 1.29 is 13.9 Å². The van der Waals surface area contributed by atoms with E-state index in [4.69, 9.17) is 9.15 Å². The minimum absolute atomic E-state index is 0.152. The zero-order valence-corrected chi connectivity index (χ0v) is 19.9. The van der Waals surface area contributed by atoms with Crippen molar-refractivity contribution in [2.45, 2.75) is 46.3 Å². The largest absolute Gasteiger partial charge is 0.456 e. The fourth-order valence-corrected chi connectivity index (χ4v) is 3.69. The summed E-state index contributed by atoms with van der Waals surface area (Å²) in [7, 11) is 0. The number of rotatable bonds is 5. The maximum atomic E-state index is 12.9. The summed E-state index contributed by atoms with van der Waals surface area (Å²) < 4.78 is 11.8. The van der Waals surface area contributed by atoms with E-state index in [0.29, 0.717) is 39.4 Å². The van der Waals surface area contributed by atoms with Gasteiger partial charge in [-0.25, -0.2) is 4.79 Å². The fourth-order valence-electron chi connectivity index (χ4n) is 3.69. The molecule has 1 unspecified atom stereocenters. The molecular formula is C27H27N3O4. The molecule has 0 aliphatic carbocycles. The van der Waals surface area contributed by atoms with Gasteiger partial charge in [0.25, 0.3) is 0 Å². The van der Waals surface area contributed by atoms with Crippen molar-refractivity contribution in [3.63, 3.8) is 0 Å². The third-order valence-electron chi connectivity index (χ3n) is 5.16. The molecule has 1 N–H and O–H groups in total. The maximum Gasteiger partial charge on any atom is 0.340 e. The molecule has 0 saturated carbocycles. The van der Waals surface area contributed by atoms with Crippen molar-refractivity contribution >= 4 is 22.6 Å². The first kappa shape index (κ1) is 23.2. The third-order valence-corrected chi connectivity index (χ3v) is 5.16. The predicted octanol–water partition coefficient (Wildman–Crippen LogP) is 5.69. The summed E-state index contributed by atoms with van der Waals surface area (Å²) in [6.07, 6.45) is 3.29. The van der Waals surface area contributed by atoms with Crippen LogP contribution in [0.15, 0.2) is 70.1 Å². The number of esters is 1. The summed E-state index contributed by atoms with van der Waals surface area (Å²) >= 11 is 0. The molecule has 1 atom stereocenters. The van der Waals surface area contributed by atoms with Gasteiger partial charge in [-0.3, -0.25) is 14.8 Å². The van der Waals surface area contributed by atoms with Gasteiger partial charge in [-0.05, 0) is 65.0 Å². The molecule has 0 fully saturated rings. The molecule has 0 spiro atoms. The van der Waals surface area contributed by atoms with Gasteiger partial charge < -0.3 is 14.5 Å². The minimum Gasteiger partial charge on any atom is -0.456 e. The summed E-state index contributed by atoms with van der Waals surface area (Å²) in [5.41, 5.74) is 2.67. The number of nitrogens with one attached hydrogen (secondary N) is 1. The Bertz CT molecular complexity index is 1410. The van der Waals surface area contributed by atoms with E-state index in [-0.39, 0.29) is 11.5 Å². The molecule has 0 aliphatic rings. The number of pyridine rings is 2. The number of carbonyl (C=O) groups is 1. The van der Waals surface area contributed by atoms with E-state index in [2.05, 4.69) is 15.3 Å². The lowest BCUT2D eigenvalue weighted by atomic mass is 10.1. The van der Waals surface area contributed by atoms with Gasteiger partial charge >= 0.3 is 5.97 Å². The van der Waals surface area contributed by atoms with Gasteiger partial charge in [0.1, 0.15) is 17.1 Å². The molecule has 1 aromatic carbocycles. The molecule has 174 valence electrons. The lowest BCUT2D eigenvalue weighted by Gasteiger charge is -2.22. The SMILES string of the molecule is Cc1cc2c(=O)cc(-c3ccncc3)oc2c(C(C)Nc2ccccc2C(=O)OC(C)(C)C)n1. The molecule has 4 rings (SSSR count). The molecule has 0 bridgehead atoms. The Hall–Kier alpha value is -4.00. The quantitative estimate of drug-likeness (QED) is 0.385. The number of carbonyl (C=O) groups excluding carboxylic acids is 1. The van der Waals surface area contributed by atoms with Crippen molar-refractivity contribution in [2.75, 3.05) is 5.32 Å². The number of fused-ring (bicyclic) bond motifs is 1. The fraction of sp³-hybridized carbons (Fsp3) is 0.259. The van der Waals surface area contributed by atoms with Crippen LogP contribution in [0.2, 0.25) is 0 Å². The Morgan fingerprint density at radius 1 is 1.09 bits per heavy atom. The summed E-state index contributed by atoms with van der Waals surface area (Å²) in [4.78, 5) is 34.4. The number of ether oxygens (including phenoxy) is 1. The standard InChI is InChI=1S/C27H27N3O4/c1-16-14-20-22(31)15-23(18-10-12-28-13-11-18)33-25(20)24(29-16)17(2)30-21-9-7-6-8-19(21)26(32)34-27(3,4)5/h6-15,17,30H,1-5H3. The highest BCUT2D eigenvalue weighted by Crippen LogP contribution is 2.30. The molecule has 7 heteroatoms. The third kappa shape index (κ3) is 4.98. The molecule has 4 aromatic rings. The van der Waals surface area contributed by atoms with Gasteiger partial charge in [0.15, 0.2) is 11.0 Å². The first-order valence-corrected chi connectivity index (χ1v) is 11.1. The second kappa shape index (κ2) is 9.09. The number of aromatic nitrogens is 2. The van der Waals surface area contributed by atoms with E-state index < -0.39 is 11.6 Å². The first-order valence-electron chi connectivity index (χ1n) is 11.1. The zero-order chi connectivity index (χ0) is 24.5. The molecule has 0 saturated heterocycles.